The molecule has 0 spiro atoms. The van der Waals surface area contributed by atoms with E-state index in [0.717, 1.165) is 43.0 Å². The Morgan fingerprint density at radius 2 is 1.95 bits per heavy atom. The highest BCUT2D eigenvalue weighted by Gasteiger charge is 2.11. The Morgan fingerprint density at radius 1 is 1.19 bits per heavy atom. The van der Waals surface area contributed by atoms with Gasteiger partial charge in [0, 0.05) is 18.9 Å². The van der Waals surface area contributed by atoms with Crippen LogP contribution >= 0.6 is 0 Å². The van der Waals surface area contributed by atoms with Gasteiger partial charge in [0.05, 0.1) is 5.69 Å². The number of nitrogens with two attached hydrogens (primary N) is 1. The van der Waals surface area contributed by atoms with Gasteiger partial charge in [-0.1, -0.05) is 26.8 Å². The average Bonchev–Trinajstić information content (AvgIpc) is 2.92. The fourth-order valence-corrected chi connectivity index (χ4v) is 2.44. The van der Waals surface area contributed by atoms with Crippen LogP contribution in [0.4, 0.5) is 0 Å². The summed E-state index contributed by atoms with van der Waals surface area (Å²) in [6, 6.07) is 6.72. The molecule has 4 heteroatoms. The average molecular weight is 286 g/mol. The molecule has 0 aliphatic carbocycles. The van der Waals surface area contributed by atoms with Crippen molar-refractivity contribution < 1.29 is 0 Å². The molecule has 0 aliphatic heterocycles. The Labute approximate surface area is 127 Å². The van der Waals surface area contributed by atoms with Crippen molar-refractivity contribution in [2.45, 2.75) is 59.4 Å². The third kappa shape index (κ3) is 3.50. The molecule has 1 unspecified atom stereocenters. The monoisotopic (exact) mass is 286 g/mol. The quantitative estimate of drug-likeness (QED) is 0.888. The Bertz CT molecular complexity index is 601. The Hall–Kier alpha value is -1.68. The SMILES string of the molecule is CCc1nc(CC)n(-c2ccc(CC(N)CC)c(C)c2)n1. The maximum Gasteiger partial charge on any atom is 0.151 e. The first-order valence-electron chi connectivity index (χ1n) is 7.89. The third-order valence-corrected chi connectivity index (χ3v) is 3.93. The lowest BCUT2D eigenvalue weighted by Gasteiger charge is -2.13. The lowest BCUT2D eigenvalue weighted by Crippen LogP contribution is -2.21. The van der Waals surface area contributed by atoms with Crippen LogP contribution < -0.4 is 5.73 Å². The number of hydrogen-bond acceptors (Lipinski definition) is 3. The molecule has 0 bridgehead atoms. The summed E-state index contributed by atoms with van der Waals surface area (Å²) >= 11 is 0. The van der Waals surface area contributed by atoms with Crippen molar-refractivity contribution in [1.82, 2.24) is 14.8 Å². The molecule has 21 heavy (non-hydrogen) atoms. The smallest absolute Gasteiger partial charge is 0.151 e. The van der Waals surface area contributed by atoms with Crippen LogP contribution in [-0.4, -0.2) is 20.8 Å². The van der Waals surface area contributed by atoms with E-state index in [-0.39, 0.29) is 6.04 Å². The third-order valence-electron chi connectivity index (χ3n) is 3.93. The molecule has 2 N–H and O–H groups in total. The number of rotatable bonds is 6. The van der Waals surface area contributed by atoms with E-state index in [2.05, 4.69) is 56.0 Å². The van der Waals surface area contributed by atoms with Crippen molar-refractivity contribution in [3.8, 4) is 5.69 Å². The highest BCUT2D eigenvalue weighted by Crippen LogP contribution is 2.18. The van der Waals surface area contributed by atoms with Crippen molar-refractivity contribution in [2.24, 2.45) is 5.73 Å². The molecule has 1 heterocycles. The molecule has 2 aromatic rings. The van der Waals surface area contributed by atoms with Gasteiger partial charge >= 0.3 is 0 Å². The highest BCUT2D eigenvalue weighted by atomic mass is 15.3. The zero-order valence-electron chi connectivity index (χ0n) is 13.6. The zero-order valence-corrected chi connectivity index (χ0v) is 13.6. The molecule has 114 valence electrons. The van der Waals surface area contributed by atoms with E-state index in [0.29, 0.717) is 0 Å². The molecule has 0 fully saturated rings. The molecule has 0 aliphatic rings. The van der Waals surface area contributed by atoms with Crippen LogP contribution in [0.25, 0.3) is 5.69 Å². The molecule has 1 aromatic heterocycles. The van der Waals surface area contributed by atoms with E-state index in [1.165, 1.54) is 11.1 Å². The summed E-state index contributed by atoms with van der Waals surface area (Å²) in [7, 11) is 0. The van der Waals surface area contributed by atoms with E-state index in [9.17, 15) is 0 Å². The predicted molar refractivity (Wildman–Crippen MR) is 86.8 cm³/mol. The first-order chi connectivity index (χ1) is 10.1. The van der Waals surface area contributed by atoms with Crippen LogP contribution in [0.15, 0.2) is 18.2 Å². The largest absolute Gasteiger partial charge is 0.327 e. The fourth-order valence-electron chi connectivity index (χ4n) is 2.44. The van der Waals surface area contributed by atoms with Crippen LogP contribution in [-0.2, 0) is 19.3 Å². The van der Waals surface area contributed by atoms with Gasteiger partial charge in [-0.05, 0) is 43.0 Å². The summed E-state index contributed by atoms with van der Waals surface area (Å²) in [5.41, 5.74) is 9.74. The second kappa shape index (κ2) is 6.85. The van der Waals surface area contributed by atoms with Gasteiger partial charge in [-0.25, -0.2) is 9.67 Å². The van der Waals surface area contributed by atoms with E-state index in [4.69, 9.17) is 5.73 Å². The molecule has 0 saturated heterocycles. The number of nitrogens with zero attached hydrogens (tertiary/aromatic N) is 3. The summed E-state index contributed by atoms with van der Waals surface area (Å²) in [6.07, 6.45) is 3.68. The summed E-state index contributed by atoms with van der Waals surface area (Å²) in [5.74, 6) is 1.92. The van der Waals surface area contributed by atoms with Crippen molar-refractivity contribution >= 4 is 0 Å². The first-order valence-corrected chi connectivity index (χ1v) is 7.89. The van der Waals surface area contributed by atoms with Crippen LogP contribution in [0.5, 0.6) is 0 Å². The Kier molecular flexibility index (Phi) is 5.12. The van der Waals surface area contributed by atoms with Gasteiger partial charge in [0.1, 0.15) is 5.82 Å². The van der Waals surface area contributed by atoms with Gasteiger partial charge in [0.2, 0.25) is 0 Å². The van der Waals surface area contributed by atoms with Crippen LogP contribution in [0, 0.1) is 6.92 Å². The maximum atomic E-state index is 6.06. The van der Waals surface area contributed by atoms with Gasteiger partial charge in [0.15, 0.2) is 5.82 Å². The molecule has 0 saturated carbocycles. The summed E-state index contributed by atoms with van der Waals surface area (Å²) in [4.78, 5) is 4.57. The van der Waals surface area contributed by atoms with Crippen LogP contribution in [0.2, 0.25) is 0 Å². The summed E-state index contributed by atoms with van der Waals surface area (Å²) in [5, 5.41) is 4.60. The first kappa shape index (κ1) is 15.7. The molecular formula is C17H26N4. The van der Waals surface area contributed by atoms with Gasteiger partial charge < -0.3 is 5.73 Å². The normalized spacial score (nSPS) is 12.6. The number of aromatic nitrogens is 3. The number of aryl methyl sites for hydroxylation is 3. The minimum Gasteiger partial charge on any atom is -0.327 e. The number of benzene rings is 1. The lowest BCUT2D eigenvalue weighted by molar-refractivity contribution is 0.644. The van der Waals surface area contributed by atoms with Crippen LogP contribution in [0.3, 0.4) is 0 Å². The molecule has 2 rings (SSSR count). The van der Waals surface area contributed by atoms with Gasteiger partial charge in [0.25, 0.3) is 0 Å². The van der Waals surface area contributed by atoms with Crippen LogP contribution in [0.1, 0.15) is 50.0 Å². The zero-order chi connectivity index (χ0) is 15.4. The van der Waals surface area contributed by atoms with E-state index in [1.807, 2.05) is 4.68 Å². The second-order valence-electron chi connectivity index (χ2n) is 5.55. The van der Waals surface area contributed by atoms with Crippen molar-refractivity contribution in [3.05, 3.63) is 41.0 Å². The van der Waals surface area contributed by atoms with E-state index >= 15 is 0 Å². The fraction of sp³-hybridized carbons (Fsp3) is 0.529. The Morgan fingerprint density at radius 3 is 2.52 bits per heavy atom. The van der Waals surface area contributed by atoms with E-state index in [1.54, 1.807) is 0 Å². The molecule has 1 aromatic carbocycles. The summed E-state index contributed by atoms with van der Waals surface area (Å²) < 4.78 is 1.97. The minimum absolute atomic E-state index is 0.235. The van der Waals surface area contributed by atoms with Crippen molar-refractivity contribution in [2.75, 3.05) is 0 Å². The highest BCUT2D eigenvalue weighted by molar-refractivity contribution is 5.40. The molecular weight excluding hydrogens is 260 g/mol. The standard InChI is InChI=1S/C17H26N4/c1-5-14(18)11-13-8-9-15(10-12(13)4)21-17(7-3)19-16(6-2)20-21/h8-10,14H,5-7,11,18H2,1-4H3. The van der Waals surface area contributed by atoms with Gasteiger partial charge in [-0.3, -0.25) is 0 Å². The Balaban J connectivity index is 2.33. The summed E-state index contributed by atoms with van der Waals surface area (Å²) in [6.45, 7) is 8.47. The molecule has 0 radical (unpaired) electrons. The number of hydrogen-bond donors (Lipinski definition) is 1. The minimum atomic E-state index is 0.235. The van der Waals surface area contributed by atoms with Crippen molar-refractivity contribution in [1.29, 1.82) is 0 Å². The van der Waals surface area contributed by atoms with Crippen molar-refractivity contribution in [3.63, 3.8) is 0 Å². The second-order valence-corrected chi connectivity index (χ2v) is 5.55. The topological polar surface area (TPSA) is 56.7 Å². The molecule has 0 amide bonds. The van der Waals surface area contributed by atoms with Gasteiger partial charge in [-0.2, -0.15) is 5.10 Å². The molecule has 4 nitrogen and oxygen atoms in total. The maximum absolute atomic E-state index is 6.06. The van der Waals surface area contributed by atoms with E-state index < -0.39 is 0 Å². The van der Waals surface area contributed by atoms with Gasteiger partial charge in [-0.15, -0.1) is 0 Å². The lowest BCUT2D eigenvalue weighted by atomic mass is 10.00. The predicted octanol–water partition coefficient (Wildman–Crippen LogP) is 2.98. The molecule has 1 atom stereocenters.